The zero-order chi connectivity index (χ0) is 17.6. The molecule has 1 saturated carbocycles. The summed E-state index contributed by atoms with van der Waals surface area (Å²) in [5.74, 6) is 2.78. The predicted molar refractivity (Wildman–Crippen MR) is 97.3 cm³/mol. The van der Waals surface area contributed by atoms with Gasteiger partial charge in [-0.15, -0.1) is 0 Å². The molecule has 3 rings (SSSR count). The van der Waals surface area contributed by atoms with E-state index in [9.17, 15) is 10.2 Å². The van der Waals surface area contributed by atoms with Crippen LogP contribution < -0.4 is 4.74 Å². The molecule has 5 nitrogen and oxygen atoms in total. The number of ether oxygens (including phenoxy) is 1. The third-order valence-electron chi connectivity index (χ3n) is 5.18. The van der Waals surface area contributed by atoms with Crippen molar-refractivity contribution in [1.82, 2.24) is 9.55 Å². The summed E-state index contributed by atoms with van der Waals surface area (Å²) in [5, 5.41) is 18.9. The Morgan fingerprint density at radius 3 is 2.60 bits per heavy atom. The highest BCUT2D eigenvalue weighted by atomic mass is 16.5. The topological polar surface area (TPSA) is 67.5 Å². The Morgan fingerprint density at radius 1 is 1.16 bits per heavy atom. The maximum absolute atomic E-state index is 9.62. The van der Waals surface area contributed by atoms with E-state index < -0.39 is 0 Å². The lowest BCUT2D eigenvalue weighted by Crippen LogP contribution is -2.21. The lowest BCUT2D eigenvalue weighted by Gasteiger charge is -2.28. The van der Waals surface area contributed by atoms with Crippen LogP contribution in [-0.2, 0) is 13.2 Å². The molecule has 0 aliphatic heterocycles. The van der Waals surface area contributed by atoms with Crippen LogP contribution in [0.1, 0.15) is 38.2 Å². The lowest BCUT2D eigenvalue weighted by molar-refractivity contribution is 0.161. The number of imidazole rings is 1. The first-order valence-electron chi connectivity index (χ1n) is 9.24. The third kappa shape index (κ3) is 4.22. The molecular formula is C20H28N2O3. The van der Waals surface area contributed by atoms with Crippen LogP contribution in [0.15, 0.2) is 30.6 Å². The van der Waals surface area contributed by atoms with Gasteiger partial charge in [-0.2, -0.15) is 0 Å². The van der Waals surface area contributed by atoms with Crippen molar-refractivity contribution in [2.45, 2.75) is 45.8 Å². The van der Waals surface area contributed by atoms with Crippen LogP contribution in [0, 0.1) is 11.8 Å². The van der Waals surface area contributed by atoms with Gasteiger partial charge < -0.3 is 19.5 Å². The molecule has 2 aromatic rings. The quantitative estimate of drug-likeness (QED) is 0.809. The molecule has 0 radical (unpaired) electrons. The summed E-state index contributed by atoms with van der Waals surface area (Å²) in [6.45, 7) is 3.74. The fraction of sp³-hybridized carbons (Fsp3) is 0.550. The molecule has 1 aliphatic carbocycles. The maximum Gasteiger partial charge on any atom is 0.139 e. The average Bonchev–Trinajstić information content (AvgIpc) is 3.11. The molecule has 0 unspecified atom stereocenters. The van der Waals surface area contributed by atoms with E-state index in [-0.39, 0.29) is 6.61 Å². The van der Waals surface area contributed by atoms with E-state index in [1.54, 1.807) is 0 Å². The number of rotatable bonds is 7. The predicted octanol–water partition coefficient (Wildman–Crippen LogP) is 3.24. The van der Waals surface area contributed by atoms with E-state index in [1.165, 1.54) is 0 Å². The number of hydrogen-bond acceptors (Lipinski definition) is 4. The molecular weight excluding hydrogens is 316 g/mol. The molecule has 0 amide bonds. The summed E-state index contributed by atoms with van der Waals surface area (Å²) in [4.78, 5) is 4.53. The van der Waals surface area contributed by atoms with Crippen molar-refractivity contribution in [2.24, 2.45) is 11.8 Å². The van der Waals surface area contributed by atoms with E-state index in [2.05, 4.69) is 9.55 Å². The third-order valence-corrected chi connectivity index (χ3v) is 5.18. The van der Waals surface area contributed by atoms with Gasteiger partial charge in [0.25, 0.3) is 0 Å². The van der Waals surface area contributed by atoms with Gasteiger partial charge in [0, 0.05) is 36.7 Å². The normalized spacial score (nSPS) is 20.6. The Labute approximate surface area is 149 Å². The summed E-state index contributed by atoms with van der Waals surface area (Å²) < 4.78 is 7.77. The Morgan fingerprint density at radius 2 is 1.92 bits per heavy atom. The van der Waals surface area contributed by atoms with Crippen LogP contribution in [0.25, 0.3) is 11.4 Å². The van der Waals surface area contributed by atoms with Gasteiger partial charge in [-0.05, 0) is 62.6 Å². The zero-order valence-corrected chi connectivity index (χ0v) is 14.9. The van der Waals surface area contributed by atoms with Crippen molar-refractivity contribution < 1.29 is 14.9 Å². The van der Waals surface area contributed by atoms with Crippen molar-refractivity contribution in [1.29, 1.82) is 0 Å². The van der Waals surface area contributed by atoms with Crippen LogP contribution in [-0.4, -0.2) is 33.0 Å². The highest BCUT2D eigenvalue weighted by Crippen LogP contribution is 2.31. The van der Waals surface area contributed by atoms with Crippen LogP contribution >= 0.6 is 0 Å². The second kappa shape index (κ2) is 8.50. The molecule has 0 spiro atoms. The largest absolute Gasteiger partial charge is 0.494 e. The van der Waals surface area contributed by atoms with Gasteiger partial charge in [0.05, 0.1) is 13.2 Å². The average molecular weight is 344 g/mol. The van der Waals surface area contributed by atoms with Crippen LogP contribution in [0.5, 0.6) is 5.75 Å². The molecule has 1 aromatic carbocycles. The van der Waals surface area contributed by atoms with Crippen LogP contribution in [0.4, 0.5) is 0 Å². The minimum absolute atomic E-state index is 0.0466. The van der Waals surface area contributed by atoms with E-state index in [0.717, 1.165) is 54.9 Å². The fourth-order valence-corrected chi connectivity index (χ4v) is 3.73. The first kappa shape index (κ1) is 18.0. The number of aliphatic hydroxyl groups is 2. The maximum atomic E-state index is 9.62. The molecule has 1 fully saturated rings. The first-order valence-corrected chi connectivity index (χ1v) is 9.24. The first-order chi connectivity index (χ1) is 12.2. The van der Waals surface area contributed by atoms with Crippen LogP contribution in [0.2, 0.25) is 0 Å². The molecule has 0 bridgehead atoms. The second-order valence-electron chi connectivity index (χ2n) is 6.89. The van der Waals surface area contributed by atoms with Crippen molar-refractivity contribution in [3.05, 3.63) is 36.2 Å². The van der Waals surface area contributed by atoms with Crippen molar-refractivity contribution in [3.63, 3.8) is 0 Å². The molecule has 0 saturated heterocycles. The van der Waals surface area contributed by atoms with E-state index in [1.807, 2.05) is 37.5 Å². The fourth-order valence-electron chi connectivity index (χ4n) is 3.73. The van der Waals surface area contributed by atoms with Crippen molar-refractivity contribution in [2.75, 3.05) is 13.2 Å². The lowest BCUT2D eigenvalue weighted by atomic mass is 9.82. The SMILES string of the molecule is CCOc1ccc(-c2nccn2CC2CCC(CO)CC2)cc1CO. The van der Waals surface area contributed by atoms with Crippen molar-refractivity contribution in [3.8, 4) is 17.1 Å². The molecule has 2 N–H and O–H groups in total. The number of nitrogens with zero attached hydrogens (tertiary/aromatic N) is 2. The van der Waals surface area contributed by atoms with Gasteiger partial charge in [-0.1, -0.05) is 0 Å². The number of aliphatic hydroxyl groups excluding tert-OH is 2. The Bertz CT molecular complexity index is 675. The monoisotopic (exact) mass is 344 g/mol. The highest BCUT2D eigenvalue weighted by molar-refractivity contribution is 5.59. The van der Waals surface area contributed by atoms with Crippen molar-refractivity contribution >= 4 is 0 Å². The molecule has 1 aliphatic rings. The van der Waals surface area contributed by atoms with Gasteiger partial charge >= 0.3 is 0 Å². The van der Waals surface area contributed by atoms with E-state index >= 15 is 0 Å². The summed E-state index contributed by atoms with van der Waals surface area (Å²) >= 11 is 0. The Kier molecular flexibility index (Phi) is 6.10. The molecule has 1 aromatic heterocycles. The van der Waals surface area contributed by atoms with Gasteiger partial charge in [0.1, 0.15) is 11.6 Å². The minimum atomic E-state index is -0.0466. The molecule has 136 valence electrons. The van der Waals surface area contributed by atoms with Gasteiger partial charge in [-0.25, -0.2) is 4.98 Å². The number of aromatic nitrogens is 2. The Balaban J connectivity index is 1.75. The number of benzene rings is 1. The summed E-state index contributed by atoms with van der Waals surface area (Å²) in [5.41, 5.74) is 1.79. The summed E-state index contributed by atoms with van der Waals surface area (Å²) in [7, 11) is 0. The molecule has 1 heterocycles. The smallest absolute Gasteiger partial charge is 0.139 e. The van der Waals surface area contributed by atoms with Gasteiger partial charge in [0.15, 0.2) is 0 Å². The van der Waals surface area contributed by atoms with Gasteiger partial charge in [-0.3, -0.25) is 0 Å². The van der Waals surface area contributed by atoms with Gasteiger partial charge in [0.2, 0.25) is 0 Å². The summed E-state index contributed by atoms with van der Waals surface area (Å²) in [6, 6.07) is 5.88. The van der Waals surface area contributed by atoms with E-state index in [0.29, 0.717) is 25.0 Å². The molecule has 0 atom stereocenters. The molecule has 25 heavy (non-hydrogen) atoms. The van der Waals surface area contributed by atoms with Crippen LogP contribution in [0.3, 0.4) is 0 Å². The number of hydrogen-bond donors (Lipinski definition) is 2. The minimum Gasteiger partial charge on any atom is -0.494 e. The van der Waals surface area contributed by atoms with E-state index in [4.69, 9.17) is 4.74 Å². The zero-order valence-electron chi connectivity index (χ0n) is 14.9. The highest BCUT2D eigenvalue weighted by Gasteiger charge is 2.22. The summed E-state index contributed by atoms with van der Waals surface area (Å²) in [6.07, 6.45) is 8.42. The Hall–Kier alpha value is -1.85. The molecule has 5 heteroatoms. The second-order valence-corrected chi connectivity index (χ2v) is 6.89. The standard InChI is InChI=1S/C20H28N2O3/c1-2-25-19-8-7-17(11-18(19)14-24)20-21-9-10-22(20)12-15-3-5-16(13-23)6-4-15/h7-11,15-16,23-24H,2-6,12-14H2,1H3.